The zero-order valence-corrected chi connectivity index (χ0v) is 10.4. The molecule has 1 aromatic rings. The van der Waals surface area contributed by atoms with Crippen molar-refractivity contribution in [2.75, 3.05) is 20.0 Å². The number of halogens is 3. The van der Waals surface area contributed by atoms with Crippen LogP contribution in [0.3, 0.4) is 0 Å². The monoisotopic (exact) mass is 280 g/mol. The molecule has 0 heterocycles. The summed E-state index contributed by atoms with van der Waals surface area (Å²) < 4.78 is 50.4. The van der Waals surface area contributed by atoms with Crippen molar-refractivity contribution < 1.29 is 32.5 Å². The van der Waals surface area contributed by atoms with E-state index in [1.165, 1.54) is 0 Å². The first kappa shape index (κ1) is 15.6. The minimum Gasteiger partial charge on any atom is -0.490 e. The second-order valence-corrected chi connectivity index (χ2v) is 3.56. The van der Waals surface area contributed by atoms with E-state index in [0.717, 1.165) is 0 Å². The maximum absolute atomic E-state index is 11.9. The van der Waals surface area contributed by atoms with E-state index in [9.17, 15) is 13.2 Å². The molecule has 1 aromatic carbocycles. The van der Waals surface area contributed by atoms with E-state index < -0.39 is 19.6 Å². The maximum atomic E-state index is 11.9. The first-order chi connectivity index (χ1) is 8.98. The van der Waals surface area contributed by atoms with Crippen LogP contribution in [0, 0.1) is 0 Å². The standard InChI is InChI=1S/C12H15F3O4/c1-2-18-10-5-3-4-9(6-16)11(10)19-8-17-7-12(13,14)15/h3-5,16H,2,6-8H2,1H3. The number of hydrogen-bond acceptors (Lipinski definition) is 4. The van der Waals surface area contributed by atoms with E-state index in [-0.39, 0.29) is 12.4 Å². The Morgan fingerprint density at radius 2 is 1.95 bits per heavy atom. The lowest BCUT2D eigenvalue weighted by Crippen LogP contribution is -2.19. The van der Waals surface area contributed by atoms with Crippen molar-refractivity contribution >= 4 is 0 Å². The quantitative estimate of drug-likeness (QED) is 0.616. The fourth-order valence-corrected chi connectivity index (χ4v) is 1.38. The second-order valence-electron chi connectivity index (χ2n) is 3.56. The number of benzene rings is 1. The lowest BCUT2D eigenvalue weighted by atomic mass is 10.2. The Morgan fingerprint density at radius 3 is 2.53 bits per heavy atom. The number of rotatable bonds is 7. The topological polar surface area (TPSA) is 47.9 Å². The van der Waals surface area contributed by atoms with E-state index in [0.29, 0.717) is 17.9 Å². The van der Waals surface area contributed by atoms with Gasteiger partial charge in [0.15, 0.2) is 18.3 Å². The SMILES string of the molecule is CCOc1cccc(CO)c1OCOCC(F)(F)F. The highest BCUT2D eigenvalue weighted by Crippen LogP contribution is 2.31. The Hall–Kier alpha value is -1.47. The van der Waals surface area contributed by atoms with Gasteiger partial charge >= 0.3 is 6.18 Å². The fourth-order valence-electron chi connectivity index (χ4n) is 1.38. The summed E-state index contributed by atoms with van der Waals surface area (Å²) in [5.74, 6) is 0.540. The van der Waals surface area contributed by atoms with Crippen LogP contribution < -0.4 is 9.47 Å². The van der Waals surface area contributed by atoms with Crippen molar-refractivity contribution in [2.45, 2.75) is 19.7 Å². The smallest absolute Gasteiger partial charge is 0.411 e. The number of aliphatic hydroxyl groups is 1. The molecule has 0 bridgehead atoms. The molecule has 1 rings (SSSR count). The predicted molar refractivity (Wildman–Crippen MR) is 61.0 cm³/mol. The minimum absolute atomic E-state index is 0.189. The Balaban J connectivity index is 2.64. The Kier molecular flexibility index (Phi) is 5.91. The number of hydrogen-bond donors (Lipinski definition) is 1. The van der Waals surface area contributed by atoms with Gasteiger partial charge in [-0.3, -0.25) is 0 Å². The van der Waals surface area contributed by atoms with E-state index in [4.69, 9.17) is 14.6 Å². The van der Waals surface area contributed by atoms with Crippen molar-refractivity contribution in [3.63, 3.8) is 0 Å². The lowest BCUT2D eigenvalue weighted by molar-refractivity contribution is -0.187. The van der Waals surface area contributed by atoms with Crippen molar-refractivity contribution in [3.05, 3.63) is 23.8 Å². The van der Waals surface area contributed by atoms with Gasteiger partial charge in [0.1, 0.15) is 6.61 Å². The molecule has 0 aliphatic heterocycles. The van der Waals surface area contributed by atoms with E-state index in [1.54, 1.807) is 25.1 Å². The molecule has 4 nitrogen and oxygen atoms in total. The molecule has 0 unspecified atom stereocenters. The van der Waals surface area contributed by atoms with Crippen LogP contribution in [0.4, 0.5) is 13.2 Å². The molecule has 0 radical (unpaired) electrons. The molecule has 7 heteroatoms. The summed E-state index contributed by atoms with van der Waals surface area (Å²) in [6.45, 7) is -0.144. The molecule has 0 aromatic heterocycles. The molecular formula is C12H15F3O4. The molecule has 0 saturated heterocycles. The Morgan fingerprint density at radius 1 is 1.21 bits per heavy atom. The summed E-state index contributed by atoms with van der Waals surface area (Å²) >= 11 is 0. The number of alkyl halides is 3. The van der Waals surface area contributed by atoms with Crippen LogP contribution in [0.15, 0.2) is 18.2 Å². The van der Waals surface area contributed by atoms with Gasteiger partial charge in [-0.25, -0.2) is 0 Å². The molecular weight excluding hydrogens is 265 g/mol. The van der Waals surface area contributed by atoms with Crippen molar-refractivity contribution in [1.82, 2.24) is 0 Å². The molecule has 108 valence electrons. The van der Waals surface area contributed by atoms with Gasteiger partial charge in [0.05, 0.1) is 13.2 Å². The van der Waals surface area contributed by atoms with Crippen LogP contribution in [0.1, 0.15) is 12.5 Å². The first-order valence-electron chi connectivity index (χ1n) is 5.60. The zero-order valence-electron chi connectivity index (χ0n) is 10.4. The van der Waals surface area contributed by atoms with E-state index >= 15 is 0 Å². The van der Waals surface area contributed by atoms with Gasteiger partial charge in [0, 0.05) is 5.56 Å². The summed E-state index contributed by atoms with van der Waals surface area (Å²) in [5.41, 5.74) is 0.418. The molecule has 0 atom stereocenters. The third-order valence-corrected chi connectivity index (χ3v) is 2.08. The van der Waals surface area contributed by atoms with E-state index in [1.807, 2.05) is 0 Å². The predicted octanol–water partition coefficient (Wildman–Crippen LogP) is 2.49. The van der Waals surface area contributed by atoms with Gasteiger partial charge in [0.2, 0.25) is 0 Å². The summed E-state index contributed by atoms with van der Waals surface area (Å²) in [5, 5.41) is 9.14. The van der Waals surface area contributed by atoms with Crippen molar-refractivity contribution in [2.24, 2.45) is 0 Å². The summed E-state index contributed by atoms with van der Waals surface area (Å²) in [4.78, 5) is 0. The highest BCUT2D eigenvalue weighted by atomic mass is 19.4. The summed E-state index contributed by atoms with van der Waals surface area (Å²) in [6, 6.07) is 4.84. The molecule has 0 aliphatic rings. The molecule has 0 fully saturated rings. The van der Waals surface area contributed by atoms with E-state index in [2.05, 4.69) is 4.74 Å². The third-order valence-electron chi connectivity index (χ3n) is 2.08. The fraction of sp³-hybridized carbons (Fsp3) is 0.500. The summed E-state index contributed by atoms with van der Waals surface area (Å²) in [7, 11) is 0. The van der Waals surface area contributed by atoms with Crippen LogP contribution in [0.2, 0.25) is 0 Å². The molecule has 0 aliphatic carbocycles. The average molecular weight is 280 g/mol. The molecule has 1 N–H and O–H groups in total. The van der Waals surface area contributed by atoms with Crippen LogP contribution in [0.5, 0.6) is 11.5 Å². The Bertz CT molecular complexity index is 393. The normalized spacial score (nSPS) is 11.4. The zero-order chi connectivity index (χ0) is 14.3. The number of para-hydroxylation sites is 1. The maximum Gasteiger partial charge on any atom is 0.411 e. The molecule has 0 spiro atoms. The highest BCUT2D eigenvalue weighted by molar-refractivity contribution is 5.46. The van der Waals surface area contributed by atoms with Crippen molar-refractivity contribution in [1.29, 1.82) is 0 Å². The molecule has 0 amide bonds. The lowest BCUT2D eigenvalue weighted by Gasteiger charge is -2.15. The van der Waals surface area contributed by atoms with Crippen molar-refractivity contribution in [3.8, 4) is 11.5 Å². The van der Waals surface area contributed by atoms with Crippen LogP contribution >= 0.6 is 0 Å². The van der Waals surface area contributed by atoms with Gasteiger partial charge in [-0.2, -0.15) is 13.2 Å². The van der Waals surface area contributed by atoms with Crippen LogP contribution in [0.25, 0.3) is 0 Å². The minimum atomic E-state index is -4.40. The molecule has 19 heavy (non-hydrogen) atoms. The van der Waals surface area contributed by atoms with Gasteiger partial charge in [-0.1, -0.05) is 12.1 Å². The molecule has 0 saturated carbocycles. The average Bonchev–Trinajstić information content (AvgIpc) is 2.35. The highest BCUT2D eigenvalue weighted by Gasteiger charge is 2.27. The van der Waals surface area contributed by atoms with Crippen LogP contribution in [-0.2, 0) is 11.3 Å². The largest absolute Gasteiger partial charge is 0.490 e. The number of aliphatic hydroxyl groups excluding tert-OH is 1. The van der Waals surface area contributed by atoms with Crippen LogP contribution in [-0.4, -0.2) is 31.3 Å². The van der Waals surface area contributed by atoms with Gasteiger partial charge < -0.3 is 19.3 Å². The first-order valence-corrected chi connectivity index (χ1v) is 5.60. The van der Waals surface area contributed by atoms with Gasteiger partial charge in [-0.15, -0.1) is 0 Å². The van der Waals surface area contributed by atoms with Gasteiger partial charge in [-0.05, 0) is 13.0 Å². The summed E-state index contributed by atoms with van der Waals surface area (Å²) in [6.07, 6.45) is -4.40. The number of ether oxygens (including phenoxy) is 3. The van der Waals surface area contributed by atoms with Gasteiger partial charge in [0.25, 0.3) is 0 Å². The Labute approximate surface area is 108 Å². The third kappa shape index (κ3) is 5.35. The second kappa shape index (κ2) is 7.20.